The van der Waals surface area contributed by atoms with Crippen molar-refractivity contribution >= 4 is 22.5 Å². The molecule has 0 saturated carbocycles. The first-order valence-corrected chi connectivity index (χ1v) is 6.72. The lowest BCUT2D eigenvalue weighted by atomic mass is 10.1. The Balaban J connectivity index is 2.11. The quantitative estimate of drug-likeness (QED) is 0.797. The Labute approximate surface area is 100 Å². The van der Waals surface area contributed by atoms with Crippen molar-refractivity contribution in [3.63, 3.8) is 0 Å². The number of aliphatic hydroxyl groups is 1. The molecule has 2 aromatic rings. The van der Waals surface area contributed by atoms with Crippen LogP contribution >= 0.6 is 11.8 Å². The number of hydrogen-bond acceptors (Lipinski definition) is 2. The highest BCUT2D eigenvalue weighted by atomic mass is 32.2. The van der Waals surface area contributed by atoms with E-state index in [2.05, 4.69) is 42.5 Å². The Morgan fingerprint density at radius 2 is 1.81 bits per heavy atom. The number of thioether (sulfide) groups is 1. The molecule has 16 heavy (non-hydrogen) atoms. The van der Waals surface area contributed by atoms with E-state index in [1.807, 2.05) is 11.8 Å². The first-order chi connectivity index (χ1) is 7.92. The summed E-state index contributed by atoms with van der Waals surface area (Å²) in [6.07, 6.45) is 0.884. The van der Waals surface area contributed by atoms with Crippen LogP contribution in [0.3, 0.4) is 0 Å². The molecule has 0 saturated heterocycles. The number of rotatable bonds is 5. The Bertz CT molecular complexity index is 448. The van der Waals surface area contributed by atoms with Gasteiger partial charge in [-0.2, -0.15) is 11.8 Å². The van der Waals surface area contributed by atoms with E-state index < -0.39 is 0 Å². The first-order valence-electron chi connectivity index (χ1n) is 5.57. The highest BCUT2D eigenvalue weighted by Gasteiger charge is 1.99. The first kappa shape index (κ1) is 11.5. The molecule has 0 bridgehead atoms. The van der Waals surface area contributed by atoms with Crippen LogP contribution in [-0.2, 0) is 5.75 Å². The van der Waals surface area contributed by atoms with Crippen molar-refractivity contribution in [2.45, 2.75) is 12.2 Å². The van der Waals surface area contributed by atoms with Gasteiger partial charge in [0.05, 0.1) is 0 Å². The molecule has 0 amide bonds. The summed E-state index contributed by atoms with van der Waals surface area (Å²) in [5.74, 6) is 2.06. The summed E-state index contributed by atoms with van der Waals surface area (Å²) in [4.78, 5) is 0. The van der Waals surface area contributed by atoms with E-state index in [4.69, 9.17) is 5.11 Å². The van der Waals surface area contributed by atoms with Crippen molar-refractivity contribution < 1.29 is 5.11 Å². The molecule has 1 nitrogen and oxygen atoms in total. The second kappa shape index (κ2) is 5.92. The number of hydrogen-bond donors (Lipinski definition) is 1. The average molecular weight is 232 g/mol. The summed E-state index contributed by atoms with van der Waals surface area (Å²) in [5.41, 5.74) is 1.39. The number of fused-ring (bicyclic) bond motifs is 1. The second-order valence-electron chi connectivity index (χ2n) is 3.77. The lowest BCUT2D eigenvalue weighted by Gasteiger charge is -2.05. The van der Waals surface area contributed by atoms with Crippen LogP contribution in [-0.4, -0.2) is 17.5 Å². The molecule has 0 aliphatic carbocycles. The molecule has 0 spiro atoms. The van der Waals surface area contributed by atoms with E-state index in [0.29, 0.717) is 6.61 Å². The van der Waals surface area contributed by atoms with Crippen molar-refractivity contribution in [2.24, 2.45) is 0 Å². The van der Waals surface area contributed by atoms with Gasteiger partial charge in [0.15, 0.2) is 0 Å². The van der Waals surface area contributed by atoms with Gasteiger partial charge in [0.1, 0.15) is 0 Å². The van der Waals surface area contributed by atoms with Crippen LogP contribution in [0.4, 0.5) is 0 Å². The summed E-state index contributed by atoms with van der Waals surface area (Å²) in [6.45, 7) is 0.294. The molecule has 84 valence electrons. The van der Waals surface area contributed by atoms with Gasteiger partial charge in [0.25, 0.3) is 0 Å². The van der Waals surface area contributed by atoms with Crippen LogP contribution in [0.5, 0.6) is 0 Å². The van der Waals surface area contributed by atoms with Crippen LogP contribution in [0.25, 0.3) is 10.8 Å². The molecule has 0 aliphatic rings. The van der Waals surface area contributed by atoms with Gasteiger partial charge in [-0.15, -0.1) is 0 Å². The molecular weight excluding hydrogens is 216 g/mol. The summed E-state index contributed by atoms with van der Waals surface area (Å²) < 4.78 is 0. The zero-order valence-corrected chi connectivity index (χ0v) is 10.0. The zero-order chi connectivity index (χ0) is 11.2. The lowest BCUT2D eigenvalue weighted by molar-refractivity contribution is 0.296. The highest BCUT2D eigenvalue weighted by Crippen LogP contribution is 2.22. The van der Waals surface area contributed by atoms with Crippen molar-refractivity contribution in [1.82, 2.24) is 0 Å². The van der Waals surface area contributed by atoms with Gasteiger partial charge in [0.2, 0.25) is 0 Å². The van der Waals surface area contributed by atoms with E-state index in [9.17, 15) is 0 Å². The third-order valence-corrected chi connectivity index (χ3v) is 3.68. The van der Waals surface area contributed by atoms with Crippen molar-refractivity contribution in [1.29, 1.82) is 0 Å². The molecule has 0 aliphatic heterocycles. The fourth-order valence-corrected chi connectivity index (χ4v) is 2.72. The standard InChI is InChI=1S/C14H16OS/c15-9-4-10-16-11-13-7-3-6-12-5-1-2-8-14(12)13/h1-3,5-8,15H,4,9-11H2. The molecule has 0 radical (unpaired) electrons. The minimum atomic E-state index is 0.294. The van der Waals surface area contributed by atoms with Crippen LogP contribution < -0.4 is 0 Å². The fraction of sp³-hybridized carbons (Fsp3) is 0.286. The van der Waals surface area contributed by atoms with Gasteiger partial charge in [-0.1, -0.05) is 42.5 Å². The van der Waals surface area contributed by atoms with Crippen LogP contribution in [0.2, 0.25) is 0 Å². The number of benzene rings is 2. The third-order valence-electron chi connectivity index (χ3n) is 2.58. The predicted octanol–water partition coefficient (Wildman–Crippen LogP) is 3.46. The number of aliphatic hydroxyl groups excluding tert-OH is 1. The monoisotopic (exact) mass is 232 g/mol. The molecule has 2 heteroatoms. The maximum Gasteiger partial charge on any atom is 0.0438 e. The van der Waals surface area contributed by atoms with E-state index in [1.165, 1.54) is 16.3 Å². The Hall–Kier alpha value is -0.990. The third kappa shape index (κ3) is 2.77. The van der Waals surface area contributed by atoms with Gasteiger partial charge >= 0.3 is 0 Å². The van der Waals surface area contributed by atoms with E-state index >= 15 is 0 Å². The fourth-order valence-electron chi connectivity index (χ4n) is 1.77. The SMILES string of the molecule is OCCCSCc1cccc2ccccc12. The van der Waals surface area contributed by atoms with Crippen molar-refractivity contribution in [3.05, 3.63) is 48.0 Å². The minimum Gasteiger partial charge on any atom is -0.396 e. The van der Waals surface area contributed by atoms with Crippen molar-refractivity contribution in [3.8, 4) is 0 Å². The van der Waals surface area contributed by atoms with Crippen LogP contribution in [0.15, 0.2) is 42.5 Å². The van der Waals surface area contributed by atoms with Crippen LogP contribution in [0, 0.1) is 0 Å². The summed E-state index contributed by atoms with van der Waals surface area (Å²) in [7, 11) is 0. The molecule has 0 fully saturated rings. The topological polar surface area (TPSA) is 20.2 Å². The zero-order valence-electron chi connectivity index (χ0n) is 9.23. The maximum absolute atomic E-state index is 8.72. The summed E-state index contributed by atoms with van der Waals surface area (Å²) in [5, 5.41) is 11.4. The normalized spacial score (nSPS) is 10.8. The Morgan fingerprint density at radius 1 is 1.00 bits per heavy atom. The molecule has 2 rings (SSSR count). The van der Waals surface area contributed by atoms with E-state index in [-0.39, 0.29) is 0 Å². The molecular formula is C14H16OS. The van der Waals surface area contributed by atoms with Crippen LogP contribution in [0.1, 0.15) is 12.0 Å². The molecule has 2 aromatic carbocycles. The van der Waals surface area contributed by atoms with Crippen molar-refractivity contribution in [2.75, 3.05) is 12.4 Å². The maximum atomic E-state index is 8.72. The van der Waals surface area contributed by atoms with E-state index in [1.54, 1.807) is 0 Å². The summed E-state index contributed by atoms with van der Waals surface area (Å²) in [6, 6.07) is 14.9. The minimum absolute atomic E-state index is 0.294. The van der Waals surface area contributed by atoms with E-state index in [0.717, 1.165) is 17.9 Å². The highest BCUT2D eigenvalue weighted by molar-refractivity contribution is 7.98. The second-order valence-corrected chi connectivity index (χ2v) is 4.87. The molecule has 0 aromatic heterocycles. The lowest BCUT2D eigenvalue weighted by Crippen LogP contribution is -1.88. The Kier molecular flexibility index (Phi) is 4.25. The van der Waals surface area contributed by atoms with Gasteiger partial charge in [0, 0.05) is 12.4 Å². The molecule has 0 atom stereocenters. The molecule has 1 N–H and O–H groups in total. The molecule has 0 heterocycles. The van der Waals surface area contributed by atoms with Gasteiger partial charge in [-0.3, -0.25) is 0 Å². The Morgan fingerprint density at radius 3 is 2.69 bits per heavy atom. The predicted molar refractivity (Wildman–Crippen MR) is 71.8 cm³/mol. The largest absolute Gasteiger partial charge is 0.396 e. The van der Waals surface area contributed by atoms with Gasteiger partial charge < -0.3 is 5.11 Å². The smallest absolute Gasteiger partial charge is 0.0438 e. The summed E-state index contributed by atoms with van der Waals surface area (Å²) >= 11 is 1.89. The van der Waals surface area contributed by atoms with Gasteiger partial charge in [-0.25, -0.2) is 0 Å². The average Bonchev–Trinajstić information content (AvgIpc) is 2.35. The van der Waals surface area contributed by atoms with Gasteiger partial charge in [-0.05, 0) is 28.5 Å². The molecule has 0 unspecified atom stereocenters.